The van der Waals surface area contributed by atoms with E-state index in [1.807, 2.05) is 0 Å². The third kappa shape index (κ3) is 3.91. The molecule has 2 amide bonds. The van der Waals surface area contributed by atoms with Crippen LogP contribution in [0.2, 0.25) is 0 Å². The molecule has 21 heavy (non-hydrogen) atoms. The molecule has 1 aromatic rings. The SMILES string of the molecule is Cc1nc(CNC(=O)N2CCS(=O)(=O)CC2)sc1C(=O)O. The molecular formula is C11H15N3O5S2. The van der Waals surface area contributed by atoms with Crippen molar-refractivity contribution in [2.24, 2.45) is 0 Å². The van der Waals surface area contributed by atoms with Gasteiger partial charge in [-0.15, -0.1) is 11.3 Å². The second-order valence-electron chi connectivity index (χ2n) is 4.62. The van der Waals surface area contributed by atoms with Crippen molar-refractivity contribution in [2.75, 3.05) is 24.6 Å². The molecule has 0 atom stereocenters. The normalized spacial score (nSPS) is 17.5. The van der Waals surface area contributed by atoms with Crippen molar-refractivity contribution in [3.05, 3.63) is 15.6 Å². The number of aryl methyl sites for hydroxylation is 1. The molecule has 2 rings (SSSR count). The zero-order valence-corrected chi connectivity index (χ0v) is 13.0. The van der Waals surface area contributed by atoms with Crippen molar-refractivity contribution in [1.82, 2.24) is 15.2 Å². The molecule has 0 unspecified atom stereocenters. The maximum absolute atomic E-state index is 11.9. The lowest BCUT2D eigenvalue weighted by Crippen LogP contribution is -2.47. The molecule has 2 N–H and O–H groups in total. The van der Waals surface area contributed by atoms with Crippen molar-refractivity contribution in [3.63, 3.8) is 0 Å². The van der Waals surface area contributed by atoms with E-state index < -0.39 is 15.8 Å². The van der Waals surface area contributed by atoms with Gasteiger partial charge < -0.3 is 15.3 Å². The monoisotopic (exact) mass is 333 g/mol. The summed E-state index contributed by atoms with van der Waals surface area (Å²) in [6.45, 7) is 2.07. The van der Waals surface area contributed by atoms with Gasteiger partial charge in [0.25, 0.3) is 0 Å². The number of nitrogens with zero attached hydrogens (tertiary/aromatic N) is 2. The van der Waals surface area contributed by atoms with Crippen LogP contribution in [0.1, 0.15) is 20.4 Å². The summed E-state index contributed by atoms with van der Waals surface area (Å²) < 4.78 is 22.6. The number of carbonyl (C=O) groups excluding carboxylic acids is 1. The molecule has 0 bridgehead atoms. The maximum atomic E-state index is 11.9. The fourth-order valence-electron chi connectivity index (χ4n) is 1.90. The van der Waals surface area contributed by atoms with Crippen molar-refractivity contribution >= 4 is 33.2 Å². The van der Waals surface area contributed by atoms with Crippen molar-refractivity contribution < 1.29 is 23.1 Å². The average Bonchev–Trinajstić information content (AvgIpc) is 2.77. The number of thiazole rings is 1. The van der Waals surface area contributed by atoms with Crippen LogP contribution in [-0.2, 0) is 16.4 Å². The van der Waals surface area contributed by atoms with Gasteiger partial charge in [0.2, 0.25) is 0 Å². The van der Waals surface area contributed by atoms with Gasteiger partial charge in [-0.1, -0.05) is 0 Å². The van der Waals surface area contributed by atoms with Crippen LogP contribution < -0.4 is 5.32 Å². The van der Waals surface area contributed by atoms with Gasteiger partial charge in [-0.05, 0) is 6.92 Å². The van der Waals surface area contributed by atoms with Crippen LogP contribution in [0.4, 0.5) is 4.79 Å². The Morgan fingerprint density at radius 1 is 1.38 bits per heavy atom. The van der Waals surface area contributed by atoms with Crippen molar-refractivity contribution in [1.29, 1.82) is 0 Å². The van der Waals surface area contributed by atoms with Crippen LogP contribution in [0.5, 0.6) is 0 Å². The molecule has 0 spiro atoms. The number of aromatic nitrogens is 1. The Morgan fingerprint density at radius 2 is 2.00 bits per heavy atom. The van der Waals surface area contributed by atoms with E-state index in [0.717, 1.165) is 11.3 Å². The second kappa shape index (κ2) is 5.98. The zero-order chi connectivity index (χ0) is 15.6. The summed E-state index contributed by atoms with van der Waals surface area (Å²) in [4.78, 5) is 28.5. The predicted octanol–water partition coefficient (Wildman–Crippen LogP) is 0.0897. The fourth-order valence-corrected chi connectivity index (χ4v) is 3.95. The van der Waals surface area contributed by atoms with Crippen LogP contribution in [0.3, 0.4) is 0 Å². The minimum Gasteiger partial charge on any atom is -0.477 e. The van der Waals surface area contributed by atoms with Gasteiger partial charge in [0.15, 0.2) is 9.84 Å². The predicted molar refractivity (Wildman–Crippen MR) is 76.3 cm³/mol. The first kappa shape index (κ1) is 15.7. The number of hydrogen-bond acceptors (Lipinski definition) is 6. The Morgan fingerprint density at radius 3 is 2.52 bits per heavy atom. The third-order valence-electron chi connectivity index (χ3n) is 3.06. The van der Waals surface area contributed by atoms with Crippen LogP contribution in [-0.4, -0.2) is 60.0 Å². The molecule has 1 aliphatic heterocycles. The number of carbonyl (C=O) groups is 2. The molecule has 1 saturated heterocycles. The third-order valence-corrected chi connectivity index (χ3v) is 5.81. The Kier molecular flexibility index (Phi) is 4.47. The molecule has 1 aromatic heterocycles. The van der Waals surface area contributed by atoms with Gasteiger partial charge in [-0.3, -0.25) is 0 Å². The molecule has 8 nitrogen and oxygen atoms in total. The molecule has 1 aliphatic rings. The quantitative estimate of drug-likeness (QED) is 0.809. The van der Waals surface area contributed by atoms with E-state index in [4.69, 9.17) is 5.11 Å². The fraction of sp³-hybridized carbons (Fsp3) is 0.545. The number of nitrogens with one attached hydrogen (secondary N) is 1. The number of carboxylic acids is 1. The second-order valence-corrected chi connectivity index (χ2v) is 8.01. The van der Waals surface area contributed by atoms with Gasteiger partial charge in [-0.2, -0.15) is 0 Å². The van der Waals surface area contributed by atoms with E-state index in [9.17, 15) is 18.0 Å². The topological polar surface area (TPSA) is 117 Å². The first-order chi connectivity index (χ1) is 9.78. The largest absolute Gasteiger partial charge is 0.477 e. The van der Waals surface area contributed by atoms with Gasteiger partial charge in [0.05, 0.1) is 23.7 Å². The van der Waals surface area contributed by atoms with E-state index in [1.54, 1.807) is 6.92 Å². The lowest BCUT2D eigenvalue weighted by molar-refractivity contribution is 0.0701. The number of hydrogen-bond donors (Lipinski definition) is 2. The molecule has 0 saturated carbocycles. The molecule has 0 aliphatic carbocycles. The molecular weight excluding hydrogens is 318 g/mol. The number of amides is 2. The molecule has 1 fully saturated rings. The van der Waals surface area contributed by atoms with E-state index in [0.29, 0.717) is 10.7 Å². The summed E-state index contributed by atoms with van der Waals surface area (Å²) in [6.07, 6.45) is 0. The average molecular weight is 333 g/mol. The molecule has 116 valence electrons. The molecule has 10 heteroatoms. The number of carboxylic acid groups (broad SMARTS) is 1. The Labute approximate surface area is 125 Å². The van der Waals surface area contributed by atoms with Crippen LogP contribution in [0.15, 0.2) is 0 Å². The minimum atomic E-state index is -3.03. The summed E-state index contributed by atoms with van der Waals surface area (Å²) >= 11 is 1.02. The number of sulfone groups is 1. The summed E-state index contributed by atoms with van der Waals surface area (Å²) in [6, 6.07) is -0.366. The molecule has 0 aromatic carbocycles. The number of aromatic carboxylic acids is 1. The highest BCUT2D eigenvalue weighted by atomic mass is 32.2. The summed E-state index contributed by atoms with van der Waals surface area (Å²) in [5.41, 5.74) is 0.417. The first-order valence-electron chi connectivity index (χ1n) is 6.21. The summed E-state index contributed by atoms with van der Waals surface area (Å²) in [7, 11) is -3.03. The highest BCUT2D eigenvalue weighted by Gasteiger charge is 2.25. The zero-order valence-electron chi connectivity index (χ0n) is 11.3. The van der Waals surface area contributed by atoms with E-state index in [2.05, 4.69) is 10.3 Å². The van der Waals surface area contributed by atoms with Crippen molar-refractivity contribution in [2.45, 2.75) is 13.5 Å². The maximum Gasteiger partial charge on any atom is 0.347 e. The van der Waals surface area contributed by atoms with Crippen LogP contribution >= 0.6 is 11.3 Å². The van der Waals surface area contributed by atoms with Crippen LogP contribution in [0.25, 0.3) is 0 Å². The lowest BCUT2D eigenvalue weighted by Gasteiger charge is -2.26. The van der Waals surface area contributed by atoms with E-state index in [-0.39, 0.29) is 42.0 Å². The molecule has 2 heterocycles. The van der Waals surface area contributed by atoms with Gasteiger partial charge in [-0.25, -0.2) is 23.0 Å². The highest BCUT2D eigenvalue weighted by molar-refractivity contribution is 7.91. The summed E-state index contributed by atoms with van der Waals surface area (Å²) in [5.74, 6) is -1.09. The lowest BCUT2D eigenvalue weighted by atomic mass is 10.4. The smallest absolute Gasteiger partial charge is 0.347 e. The number of urea groups is 1. The van der Waals surface area contributed by atoms with Crippen molar-refractivity contribution in [3.8, 4) is 0 Å². The summed E-state index contributed by atoms with van der Waals surface area (Å²) in [5, 5.41) is 12.1. The number of rotatable bonds is 3. The van der Waals surface area contributed by atoms with Crippen LogP contribution in [0, 0.1) is 6.92 Å². The van der Waals surface area contributed by atoms with E-state index in [1.165, 1.54) is 4.90 Å². The highest BCUT2D eigenvalue weighted by Crippen LogP contribution is 2.17. The van der Waals surface area contributed by atoms with Gasteiger partial charge >= 0.3 is 12.0 Å². The first-order valence-corrected chi connectivity index (χ1v) is 8.85. The Bertz CT molecular complexity index is 653. The van der Waals surface area contributed by atoms with E-state index >= 15 is 0 Å². The minimum absolute atomic E-state index is 0.0278. The standard InChI is InChI=1S/C11H15N3O5S2/c1-7-9(10(15)16)20-8(13-7)6-12-11(17)14-2-4-21(18,19)5-3-14/h2-6H2,1H3,(H,12,17)(H,15,16). The Balaban J connectivity index is 1.90. The van der Waals surface area contributed by atoms with Gasteiger partial charge in [0.1, 0.15) is 9.88 Å². The Hall–Kier alpha value is -1.68. The van der Waals surface area contributed by atoms with Gasteiger partial charge in [0, 0.05) is 13.1 Å². The molecule has 0 radical (unpaired) electrons.